The largest absolute Gasteiger partial charge is 0.493 e. The van der Waals surface area contributed by atoms with Crippen LogP contribution in [0.15, 0.2) is 46.6 Å². The van der Waals surface area contributed by atoms with E-state index in [1.54, 1.807) is 0 Å². The van der Waals surface area contributed by atoms with E-state index in [0.29, 0.717) is 13.2 Å². The maximum atomic E-state index is 6.05. The molecule has 230 valence electrons. The number of morpholine rings is 2. The summed E-state index contributed by atoms with van der Waals surface area (Å²) >= 11 is 0. The molecule has 2 heterocycles. The first-order chi connectivity index (χ1) is 20.6. The van der Waals surface area contributed by atoms with Crippen molar-refractivity contribution in [3.05, 3.63) is 58.7 Å². The van der Waals surface area contributed by atoms with Crippen molar-refractivity contribution in [1.29, 1.82) is 0 Å². The molecule has 0 bridgehead atoms. The second-order valence-corrected chi connectivity index (χ2v) is 10.7. The van der Waals surface area contributed by atoms with Crippen LogP contribution in [-0.4, -0.2) is 87.0 Å². The maximum Gasteiger partial charge on any atom is 0.123 e. The molecule has 2 aliphatic heterocycles. The molecule has 10 nitrogen and oxygen atoms in total. The van der Waals surface area contributed by atoms with Crippen LogP contribution in [0.5, 0.6) is 11.5 Å². The van der Waals surface area contributed by atoms with Crippen LogP contribution in [0.2, 0.25) is 0 Å². The number of hydrogen-bond acceptors (Lipinski definition) is 10. The molecule has 2 fully saturated rings. The van der Waals surface area contributed by atoms with E-state index in [-0.39, 0.29) is 0 Å². The Balaban J connectivity index is 1.40. The van der Waals surface area contributed by atoms with E-state index >= 15 is 0 Å². The molecule has 2 saturated heterocycles. The number of rotatable bonds is 15. The fraction of sp³-hybridized carbons (Fsp3) is 0.562. The second-order valence-electron chi connectivity index (χ2n) is 10.7. The van der Waals surface area contributed by atoms with Crippen molar-refractivity contribution in [1.82, 2.24) is 20.9 Å². The van der Waals surface area contributed by atoms with Gasteiger partial charge in [-0.1, -0.05) is 13.8 Å². The Hall–Kier alpha value is -3.18. The van der Waals surface area contributed by atoms with Crippen LogP contribution < -0.4 is 20.5 Å². The normalized spacial score (nSPS) is 17.2. The number of ether oxygens (including phenoxy) is 4. The van der Waals surface area contributed by atoms with Crippen molar-refractivity contribution in [2.45, 2.75) is 53.6 Å². The zero-order valence-electron chi connectivity index (χ0n) is 25.8. The van der Waals surface area contributed by atoms with E-state index in [0.717, 1.165) is 113 Å². The summed E-state index contributed by atoms with van der Waals surface area (Å²) in [6, 6.07) is 12.6. The van der Waals surface area contributed by atoms with Crippen molar-refractivity contribution in [2.75, 3.05) is 65.8 Å². The maximum absolute atomic E-state index is 6.05. The third-order valence-electron chi connectivity index (χ3n) is 7.37. The van der Waals surface area contributed by atoms with Crippen molar-refractivity contribution < 1.29 is 18.9 Å². The SMILES string of the molecule is CCCOc1ccc(/C(C)=N\NN/N=C(\C)c2ccc(OCCC)c(CN3CCOCC3)c2)cc1CN1CCOCC1. The predicted octanol–water partition coefficient (Wildman–Crippen LogP) is 4.17. The number of nitrogens with zero attached hydrogens (tertiary/aromatic N) is 4. The molecule has 2 aliphatic rings. The van der Waals surface area contributed by atoms with E-state index in [2.05, 4.69) is 81.3 Å². The number of hydrazone groups is 2. The highest BCUT2D eigenvalue weighted by Gasteiger charge is 2.16. The third-order valence-corrected chi connectivity index (χ3v) is 7.37. The van der Waals surface area contributed by atoms with Crippen molar-refractivity contribution >= 4 is 11.4 Å². The highest BCUT2D eigenvalue weighted by atomic mass is 16.5. The first kappa shape index (κ1) is 31.7. The summed E-state index contributed by atoms with van der Waals surface area (Å²) in [4.78, 5) is 4.81. The fourth-order valence-corrected chi connectivity index (χ4v) is 4.91. The molecule has 0 aliphatic carbocycles. The number of hydrogen-bond donors (Lipinski definition) is 2. The lowest BCUT2D eigenvalue weighted by Crippen LogP contribution is -2.35. The van der Waals surface area contributed by atoms with Gasteiger partial charge in [-0.05, 0) is 74.2 Å². The van der Waals surface area contributed by atoms with Gasteiger partial charge < -0.3 is 18.9 Å². The van der Waals surface area contributed by atoms with Crippen LogP contribution in [0.4, 0.5) is 0 Å². The van der Waals surface area contributed by atoms with Crippen molar-refractivity contribution in [2.24, 2.45) is 10.2 Å². The van der Waals surface area contributed by atoms with Crippen LogP contribution in [0, 0.1) is 0 Å². The Morgan fingerprint density at radius 3 is 1.48 bits per heavy atom. The first-order valence-corrected chi connectivity index (χ1v) is 15.3. The molecule has 0 radical (unpaired) electrons. The zero-order valence-corrected chi connectivity index (χ0v) is 25.8. The van der Waals surface area contributed by atoms with Crippen LogP contribution in [0.25, 0.3) is 0 Å². The number of hydrazine groups is 1. The summed E-state index contributed by atoms with van der Waals surface area (Å²) in [6.07, 6.45) is 1.95. The Kier molecular flexibility index (Phi) is 12.9. The molecule has 2 N–H and O–H groups in total. The highest BCUT2D eigenvalue weighted by molar-refractivity contribution is 5.99. The summed E-state index contributed by atoms with van der Waals surface area (Å²) < 4.78 is 23.1. The Morgan fingerprint density at radius 2 is 1.10 bits per heavy atom. The van der Waals surface area contributed by atoms with Gasteiger partial charge in [-0.2, -0.15) is 10.2 Å². The molecule has 2 aromatic rings. The first-order valence-electron chi connectivity index (χ1n) is 15.3. The summed E-state index contributed by atoms with van der Waals surface area (Å²) in [5.41, 5.74) is 11.9. The molecular formula is C32H48N6O4. The standard InChI is InChI=1S/C32H48N6O4/c1-5-15-41-31-9-7-27(21-29(31)23-37-11-17-39-18-12-37)25(3)33-35-36-34-26(4)28-8-10-32(42-16-6-2)30(22-28)24-38-13-19-40-20-14-38/h7-10,21-22,35-36H,5-6,11-20,23-24H2,1-4H3/b33-25-,34-26+. The molecular weight excluding hydrogens is 532 g/mol. The second kappa shape index (κ2) is 17.1. The van der Waals surface area contributed by atoms with Gasteiger partial charge in [-0.3, -0.25) is 9.80 Å². The number of nitrogens with one attached hydrogen (secondary N) is 2. The van der Waals surface area contributed by atoms with Crippen molar-refractivity contribution in [3.8, 4) is 11.5 Å². The van der Waals surface area contributed by atoms with Crippen LogP contribution >= 0.6 is 0 Å². The van der Waals surface area contributed by atoms with E-state index in [1.807, 2.05) is 13.8 Å². The zero-order chi connectivity index (χ0) is 29.6. The Labute approximate surface area is 251 Å². The Bertz CT molecular complexity index is 1080. The Morgan fingerprint density at radius 1 is 0.690 bits per heavy atom. The van der Waals surface area contributed by atoms with Crippen LogP contribution in [0.3, 0.4) is 0 Å². The van der Waals surface area contributed by atoms with E-state index in [1.165, 1.54) is 11.1 Å². The molecule has 10 heteroatoms. The summed E-state index contributed by atoms with van der Waals surface area (Å²) in [7, 11) is 0. The summed E-state index contributed by atoms with van der Waals surface area (Å²) in [5.74, 6) is 1.87. The molecule has 0 amide bonds. The van der Waals surface area contributed by atoms with Crippen molar-refractivity contribution in [3.63, 3.8) is 0 Å². The van der Waals surface area contributed by atoms with Crippen LogP contribution in [0.1, 0.15) is 62.8 Å². The molecule has 0 spiro atoms. The van der Waals surface area contributed by atoms with Gasteiger partial charge in [0.25, 0.3) is 0 Å². The minimum Gasteiger partial charge on any atom is -0.493 e. The lowest BCUT2D eigenvalue weighted by Gasteiger charge is -2.27. The molecule has 4 rings (SSSR count). The average Bonchev–Trinajstić information content (AvgIpc) is 3.02. The van der Waals surface area contributed by atoms with Gasteiger partial charge in [0.2, 0.25) is 0 Å². The van der Waals surface area contributed by atoms with Gasteiger partial charge in [0.1, 0.15) is 11.5 Å². The lowest BCUT2D eigenvalue weighted by atomic mass is 10.1. The fourth-order valence-electron chi connectivity index (χ4n) is 4.91. The minimum absolute atomic E-state index is 0.703. The van der Waals surface area contributed by atoms with Crippen LogP contribution in [-0.2, 0) is 22.6 Å². The molecule has 2 aromatic carbocycles. The molecule has 42 heavy (non-hydrogen) atoms. The van der Waals surface area contributed by atoms with Gasteiger partial charge in [0.15, 0.2) is 0 Å². The lowest BCUT2D eigenvalue weighted by molar-refractivity contribution is 0.0337. The van der Waals surface area contributed by atoms with E-state index < -0.39 is 0 Å². The quantitative estimate of drug-likeness (QED) is 0.184. The monoisotopic (exact) mass is 580 g/mol. The summed E-state index contributed by atoms with van der Waals surface area (Å²) in [6.45, 7) is 18.1. The minimum atomic E-state index is 0.703. The van der Waals surface area contributed by atoms with E-state index in [4.69, 9.17) is 18.9 Å². The van der Waals surface area contributed by atoms with Gasteiger partial charge in [-0.25, -0.2) is 11.1 Å². The smallest absolute Gasteiger partial charge is 0.123 e. The predicted molar refractivity (Wildman–Crippen MR) is 167 cm³/mol. The van der Waals surface area contributed by atoms with E-state index in [9.17, 15) is 0 Å². The molecule has 0 aromatic heterocycles. The number of benzene rings is 2. The van der Waals surface area contributed by atoms with Gasteiger partial charge in [-0.15, -0.1) is 0 Å². The molecule has 0 atom stereocenters. The topological polar surface area (TPSA) is 92.2 Å². The molecule has 0 saturated carbocycles. The third kappa shape index (κ3) is 9.69. The van der Waals surface area contributed by atoms with Gasteiger partial charge in [0.05, 0.1) is 51.1 Å². The van der Waals surface area contributed by atoms with Gasteiger partial charge in [0, 0.05) is 50.4 Å². The summed E-state index contributed by atoms with van der Waals surface area (Å²) in [5, 5.41) is 9.04. The molecule has 0 unspecified atom stereocenters. The highest BCUT2D eigenvalue weighted by Crippen LogP contribution is 2.25. The average molecular weight is 581 g/mol. The van der Waals surface area contributed by atoms with Gasteiger partial charge >= 0.3 is 0 Å².